The number of benzene rings is 3. The number of carbonyl (C=O) groups is 2. The molecule has 0 aromatic heterocycles. The van der Waals surface area contributed by atoms with E-state index in [1.807, 2.05) is 47.4 Å². The minimum Gasteiger partial charge on any atom is -0.490 e. The number of nitrogens with zero attached hydrogens (tertiary/aromatic N) is 1. The summed E-state index contributed by atoms with van der Waals surface area (Å²) in [4.78, 5) is 27.4. The molecule has 3 aromatic carbocycles. The minimum atomic E-state index is -0.273. The van der Waals surface area contributed by atoms with E-state index in [0.29, 0.717) is 35.8 Å². The number of amides is 2. The van der Waals surface area contributed by atoms with Gasteiger partial charge in [-0.1, -0.05) is 30.3 Å². The average Bonchev–Trinajstić information content (AvgIpc) is 3.38. The summed E-state index contributed by atoms with van der Waals surface area (Å²) in [5.41, 5.74) is 1.52. The molecule has 0 radical (unpaired) electrons. The molecular weight excluding hydrogens is 404 g/mol. The highest BCUT2D eigenvalue weighted by Gasteiger charge is 2.22. The molecule has 0 unspecified atom stereocenters. The normalized spacial score (nSPS) is 12.9. The smallest absolute Gasteiger partial charge is 0.255 e. The van der Waals surface area contributed by atoms with Gasteiger partial charge in [0, 0.05) is 18.7 Å². The van der Waals surface area contributed by atoms with E-state index < -0.39 is 0 Å². The van der Waals surface area contributed by atoms with Gasteiger partial charge in [0.2, 0.25) is 0 Å². The third kappa shape index (κ3) is 5.46. The maximum Gasteiger partial charge on any atom is 0.255 e. The third-order valence-corrected chi connectivity index (χ3v) is 5.28. The highest BCUT2D eigenvalue weighted by atomic mass is 16.5. The van der Waals surface area contributed by atoms with E-state index in [-0.39, 0.29) is 11.8 Å². The number of rotatable bonds is 8. The summed E-state index contributed by atoms with van der Waals surface area (Å²) in [6.07, 6.45) is 2.04. The Bertz CT molecular complexity index is 1040. The van der Waals surface area contributed by atoms with Gasteiger partial charge in [-0.2, -0.15) is 0 Å². The summed E-state index contributed by atoms with van der Waals surface area (Å²) in [7, 11) is 0. The number of nitrogens with one attached hydrogen (secondary N) is 1. The Morgan fingerprint density at radius 2 is 1.34 bits per heavy atom. The number of hydrogen-bond acceptors (Lipinski definition) is 4. The topological polar surface area (TPSA) is 67.9 Å². The lowest BCUT2D eigenvalue weighted by Crippen LogP contribution is -2.28. The van der Waals surface area contributed by atoms with Gasteiger partial charge >= 0.3 is 0 Å². The number of hydrogen-bond donors (Lipinski definition) is 1. The van der Waals surface area contributed by atoms with Crippen LogP contribution in [0.4, 0.5) is 5.69 Å². The highest BCUT2D eigenvalue weighted by Crippen LogP contribution is 2.21. The van der Waals surface area contributed by atoms with Crippen LogP contribution in [0.5, 0.6) is 11.5 Å². The number of para-hydroxylation sites is 2. The van der Waals surface area contributed by atoms with Crippen molar-refractivity contribution in [2.45, 2.75) is 12.8 Å². The molecule has 0 aliphatic carbocycles. The van der Waals surface area contributed by atoms with Crippen molar-refractivity contribution in [2.75, 3.05) is 31.6 Å². The molecule has 0 atom stereocenters. The maximum atomic E-state index is 12.8. The second kappa shape index (κ2) is 10.5. The Kier molecular flexibility index (Phi) is 7.02. The third-order valence-electron chi connectivity index (χ3n) is 5.28. The van der Waals surface area contributed by atoms with Crippen molar-refractivity contribution in [3.05, 3.63) is 90.0 Å². The van der Waals surface area contributed by atoms with Crippen LogP contribution in [-0.4, -0.2) is 43.0 Å². The molecule has 0 spiro atoms. The van der Waals surface area contributed by atoms with E-state index in [2.05, 4.69) is 5.32 Å². The van der Waals surface area contributed by atoms with Crippen molar-refractivity contribution in [3.63, 3.8) is 0 Å². The average molecular weight is 431 g/mol. The molecule has 6 nitrogen and oxygen atoms in total. The Balaban J connectivity index is 1.32. The second-order valence-corrected chi connectivity index (χ2v) is 7.53. The van der Waals surface area contributed by atoms with Crippen LogP contribution in [0, 0.1) is 0 Å². The van der Waals surface area contributed by atoms with E-state index in [1.165, 1.54) is 0 Å². The number of anilines is 1. The second-order valence-electron chi connectivity index (χ2n) is 7.53. The monoisotopic (exact) mass is 430 g/mol. The molecular formula is C26H26N2O4. The van der Waals surface area contributed by atoms with Crippen molar-refractivity contribution in [1.82, 2.24) is 4.90 Å². The molecule has 1 N–H and O–H groups in total. The first kappa shape index (κ1) is 21.4. The summed E-state index contributed by atoms with van der Waals surface area (Å²) in [6, 6.07) is 23.6. The summed E-state index contributed by atoms with van der Waals surface area (Å²) >= 11 is 0. The van der Waals surface area contributed by atoms with Crippen LogP contribution in [0.2, 0.25) is 0 Å². The van der Waals surface area contributed by atoms with Gasteiger partial charge in [-0.15, -0.1) is 0 Å². The molecule has 0 bridgehead atoms. The lowest BCUT2D eigenvalue weighted by atomic mass is 10.1. The predicted molar refractivity (Wildman–Crippen MR) is 123 cm³/mol. The van der Waals surface area contributed by atoms with Gasteiger partial charge in [0.15, 0.2) is 0 Å². The molecule has 32 heavy (non-hydrogen) atoms. The van der Waals surface area contributed by atoms with Gasteiger partial charge < -0.3 is 19.7 Å². The number of carbonyl (C=O) groups excluding carboxylic acids is 2. The summed E-state index contributed by atoms with van der Waals surface area (Å²) in [5.74, 6) is 1.14. The molecule has 1 saturated heterocycles. The first-order chi connectivity index (χ1) is 15.7. The van der Waals surface area contributed by atoms with E-state index in [0.717, 1.165) is 31.7 Å². The molecule has 1 heterocycles. The van der Waals surface area contributed by atoms with Crippen LogP contribution in [0.3, 0.4) is 0 Å². The lowest BCUT2D eigenvalue weighted by Gasteiger charge is -2.18. The highest BCUT2D eigenvalue weighted by molar-refractivity contribution is 6.09. The minimum absolute atomic E-state index is 0.0418. The first-order valence-electron chi connectivity index (χ1n) is 10.8. The van der Waals surface area contributed by atoms with Crippen molar-refractivity contribution in [1.29, 1.82) is 0 Å². The fourth-order valence-electron chi connectivity index (χ4n) is 3.60. The standard InChI is InChI=1S/C26H26N2O4/c29-25(27-24-11-5-4-10-23(24)26(30)28-16-6-7-17-28)20-12-14-22(15-13-20)32-19-18-31-21-8-2-1-3-9-21/h1-5,8-15H,6-7,16-19H2,(H,27,29). The maximum absolute atomic E-state index is 12.8. The fraction of sp³-hybridized carbons (Fsp3) is 0.231. The molecule has 1 fully saturated rings. The largest absolute Gasteiger partial charge is 0.490 e. The van der Waals surface area contributed by atoms with Crippen LogP contribution in [0.1, 0.15) is 33.6 Å². The molecule has 3 aromatic rings. The van der Waals surface area contributed by atoms with Crippen LogP contribution in [0.15, 0.2) is 78.9 Å². The van der Waals surface area contributed by atoms with Gasteiger partial charge in [-0.05, 0) is 61.4 Å². The van der Waals surface area contributed by atoms with Crippen LogP contribution >= 0.6 is 0 Å². The fourth-order valence-corrected chi connectivity index (χ4v) is 3.60. The molecule has 164 valence electrons. The Morgan fingerprint density at radius 3 is 2.03 bits per heavy atom. The van der Waals surface area contributed by atoms with Gasteiger partial charge in [0.05, 0.1) is 11.3 Å². The van der Waals surface area contributed by atoms with Crippen LogP contribution < -0.4 is 14.8 Å². The quantitative estimate of drug-likeness (QED) is 0.529. The summed E-state index contributed by atoms with van der Waals surface area (Å²) in [6.45, 7) is 2.35. The summed E-state index contributed by atoms with van der Waals surface area (Å²) in [5, 5.41) is 2.87. The lowest BCUT2D eigenvalue weighted by molar-refractivity contribution is 0.0794. The zero-order chi connectivity index (χ0) is 22.2. The van der Waals surface area contributed by atoms with Gasteiger partial charge in [0.1, 0.15) is 24.7 Å². The van der Waals surface area contributed by atoms with Crippen LogP contribution in [-0.2, 0) is 0 Å². The molecule has 1 aliphatic rings. The van der Waals surface area contributed by atoms with Gasteiger partial charge in [-0.3, -0.25) is 9.59 Å². The van der Waals surface area contributed by atoms with Crippen molar-refractivity contribution >= 4 is 17.5 Å². The molecule has 4 rings (SSSR count). The zero-order valence-corrected chi connectivity index (χ0v) is 17.8. The van der Waals surface area contributed by atoms with E-state index in [1.54, 1.807) is 36.4 Å². The molecule has 0 saturated carbocycles. The molecule has 2 amide bonds. The zero-order valence-electron chi connectivity index (χ0n) is 17.8. The Labute approximate surface area is 187 Å². The first-order valence-corrected chi connectivity index (χ1v) is 10.8. The van der Waals surface area contributed by atoms with E-state index in [9.17, 15) is 9.59 Å². The van der Waals surface area contributed by atoms with Gasteiger partial charge in [0.25, 0.3) is 11.8 Å². The number of ether oxygens (including phenoxy) is 2. The Hall–Kier alpha value is -3.80. The van der Waals surface area contributed by atoms with Crippen LogP contribution in [0.25, 0.3) is 0 Å². The summed E-state index contributed by atoms with van der Waals surface area (Å²) < 4.78 is 11.3. The van der Waals surface area contributed by atoms with Crippen molar-refractivity contribution in [3.8, 4) is 11.5 Å². The predicted octanol–water partition coefficient (Wildman–Crippen LogP) is 4.63. The van der Waals surface area contributed by atoms with E-state index in [4.69, 9.17) is 9.47 Å². The number of likely N-dealkylation sites (tertiary alicyclic amines) is 1. The Morgan fingerprint density at radius 1 is 0.750 bits per heavy atom. The molecule has 6 heteroatoms. The van der Waals surface area contributed by atoms with E-state index >= 15 is 0 Å². The van der Waals surface area contributed by atoms with Crippen molar-refractivity contribution < 1.29 is 19.1 Å². The molecule has 1 aliphatic heterocycles. The SMILES string of the molecule is O=C(Nc1ccccc1C(=O)N1CCCC1)c1ccc(OCCOc2ccccc2)cc1. The van der Waals surface area contributed by atoms with Gasteiger partial charge in [-0.25, -0.2) is 0 Å². The van der Waals surface area contributed by atoms with Crippen molar-refractivity contribution in [2.24, 2.45) is 0 Å².